The van der Waals surface area contributed by atoms with Crippen molar-refractivity contribution in [2.75, 3.05) is 13.1 Å². The topological polar surface area (TPSA) is 107 Å². The summed E-state index contributed by atoms with van der Waals surface area (Å²) in [6, 6.07) is 8.55. The summed E-state index contributed by atoms with van der Waals surface area (Å²) in [5, 5.41) is 6.82. The van der Waals surface area contributed by atoms with Gasteiger partial charge < -0.3 is 15.4 Å². The molecule has 37 heavy (non-hydrogen) atoms. The van der Waals surface area contributed by atoms with Crippen molar-refractivity contribution in [3.05, 3.63) is 60.3 Å². The third kappa shape index (κ3) is 6.67. The van der Waals surface area contributed by atoms with Gasteiger partial charge in [0.1, 0.15) is 52.2 Å². The molecule has 0 aliphatic heterocycles. The van der Waals surface area contributed by atoms with Gasteiger partial charge in [-0.15, -0.1) is 0 Å². The molecule has 0 aliphatic rings. The fraction of sp³-hybridized carbons (Fsp3) is 0.280. The van der Waals surface area contributed by atoms with Gasteiger partial charge in [0.15, 0.2) is 5.65 Å². The van der Waals surface area contributed by atoms with Crippen LogP contribution in [0, 0.1) is 5.82 Å². The van der Waals surface area contributed by atoms with Gasteiger partial charge in [-0.2, -0.15) is 0 Å². The molecule has 0 atom stereocenters. The SMILES string of the molecule is CC(C)(C)OC(=O)NCCCNC(=O)c1cnc2c(c1)c(-c1cc(F)c3ncccc3c1)cn2SOI. The number of alkyl carbamates (subject to hydrolysis) is 1. The number of ether oxygens (including phenoxy) is 1. The van der Waals surface area contributed by atoms with Crippen LogP contribution in [0.3, 0.4) is 0 Å². The number of aromatic nitrogens is 3. The van der Waals surface area contributed by atoms with Crippen molar-refractivity contribution >= 4 is 69.2 Å². The Bertz CT molecular complexity index is 1460. The summed E-state index contributed by atoms with van der Waals surface area (Å²) in [6.45, 7) is 6.08. The Morgan fingerprint density at radius 2 is 1.95 bits per heavy atom. The fourth-order valence-electron chi connectivity index (χ4n) is 3.72. The van der Waals surface area contributed by atoms with Gasteiger partial charge in [-0.25, -0.2) is 16.7 Å². The van der Waals surface area contributed by atoms with E-state index in [1.54, 1.807) is 78.3 Å². The average molecular weight is 637 g/mol. The lowest BCUT2D eigenvalue weighted by atomic mass is 10.0. The number of carbonyl (C=O) groups is 2. The van der Waals surface area contributed by atoms with Gasteiger partial charge in [0.05, 0.1) is 5.56 Å². The summed E-state index contributed by atoms with van der Waals surface area (Å²) in [5.41, 5.74) is 1.97. The number of rotatable bonds is 8. The number of nitrogens with zero attached hydrogens (tertiary/aromatic N) is 3. The number of hydrogen-bond acceptors (Lipinski definition) is 7. The average Bonchev–Trinajstić information content (AvgIpc) is 3.20. The summed E-state index contributed by atoms with van der Waals surface area (Å²) < 4.78 is 26.9. The number of fused-ring (bicyclic) bond motifs is 2. The standard InChI is InChI=1S/C25H25FIN5O4S/c1-25(2,3)35-24(34)30-9-5-8-29-23(33)17-11-18-19(14-32(37-36-27)22(18)31-13-17)16-10-15-6-4-7-28-21(15)20(26)12-16/h4,6-7,10-14H,5,8-9H2,1-3H3,(H,29,33)(H,30,34). The van der Waals surface area contributed by atoms with E-state index in [9.17, 15) is 14.0 Å². The highest BCUT2D eigenvalue weighted by Gasteiger charge is 2.18. The predicted octanol–water partition coefficient (Wildman–Crippen LogP) is 5.81. The number of pyridine rings is 2. The zero-order valence-electron chi connectivity index (χ0n) is 20.4. The number of halogens is 2. The Morgan fingerprint density at radius 1 is 1.16 bits per heavy atom. The number of benzene rings is 1. The highest BCUT2D eigenvalue weighted by molar-refractivity contribution is 14.1. The summed E-state index contributed by atoms with van der Waals surface area (Å²) in [5.74, 6) is -0.745. The highest BCUT2D eigenvalue weighted by Crippen LogP contribution is 2.35. The molecular weight excluding hydrogens is 612 g/mol. The Labute approximate surface area is 231 Å². The first-order valence-electron chi connectivity index (χ1n) is 11.4. The lowest BCUT2D eigenvalue weighted by molar-refractivity contribution is 0.0527. The molecule has 1 aromatic carbocycles. The number of nitrogens with one attached hydrogen (secondary N) is 2. The van der Waals surface area contributed by atoms with Crippen LogP contribution in [-0.4, -0.2) is 44.6 Å². The van der Waals surface area contributed by atoms with Crippen LogP contribution in [0.25, 0.3) is 33.1 Å². The molecule has 0 fully saturated rings. The zero-order chi connectivity index (χ0) is 26.6. The minimum absolute atomic E-state index is 0.291. The smallest absolute Gasteiger partial charge is 0.407 e. The molecule has 194 valence electrons. The van der Waals surface area contributed by atoms with E-state index in [-0.39, 0.29) is 5.91 Å². The van der Waals surface area contributed by atoms with Crippen molar-refractivity contribution < 1.29 is 21.2 Å². The quantitative estimate of drug-likeness (QED) is 0.143. The van der Waals surface area contributed by atoms with Crippen molar-refractivity contribution in [1.82, 2.24) is 24.6 Å². The molecule has 0 unspecified atom stereocenters. The number of carbonyl (C=O) groups excluding carboxylic acids is 2. The second-order valence-corrected chi connectivity index (χ2v) is 10.9. The first-order valence-corrected chi connectivity index (χ1v) is 13.0. The van der Waals surface area contributed by atoms with Crippen LogP contribution in [0.1, 0.15) is 37.6 Å². The maximum Gasteiger partial charge on any atom is 0.407 e. The first kappa shape index (κ1) is 27.1. The Balaban J connectivity index is 1.52. The maximum absolute atomic E-state index is 14.8. The van der Waals surface area contributed by atoms with Crippen molar-refractivity contribution in [3.63, 3.8) is 0 Å². The van der Waals surface area contributed by atoms with Crippen LogP contribution in [0.15, 0.2) is 48.9 Å². The summed E-state index contributed by atoms with van der Waals surface area (Å²) in [4.78, 5) is 33.1. The van der Waals surface area contributed by atoms with Crippen molar-refractivity contribution in [3.8, 4) is 11.1 Å². The van der Waals surface area contributed by atoms with E-state index in [1.807, 2.05) is 6.07 Å². The Hall–Kier alpha value is -2.97. The fourth-order valence-corrected chi connectivity index (χ4v) is 4.67. The molecular formula is C25H25FIN5O4S. The number of amides is 2. The molecule has 12 heteroatoms. The second-order valence-electron chi connectivity index (χ2n) is 9.17. The Morgan fingerprint density at radius 3 is 2.70 bits per heavy atom. The predicted molar refractivity (Wildman–Crippen MR) is 150 cm³/mol. The van der Waals surface area contributed by atoms with Crippen LogP contribution in [0.4, 0.5) is 9.18 Å². The van der Waals surface area contributed by atoms with Gasteiger partial charge in [0, 0.05) is 48.0 Å². The molecule has 4 aromatic rings. The minimum Gasteiger partial charge on any atom is -0.444 e. The van der Waals surface area contributed by atoms with Gasteiger partial charge in [-0.1, -0.05) is 6.07 Å². The maximum atomic E-state index is 14.8. The molecule has 4 rings (SSSR count). The molecule has 0 saturated heterocycles. The lowest BCUT2D eigenvalue weighted by Crippen LogP contribution is -2.34. The second kappa shape index (κ2) is 11.6. The minimum atomic E-state index is -0.571. The van der Waals surface area contributed by atoms with Crippen LogP contribution >= 0.6 is 35.2 Å². The van der Waals surface area contributed by atoms with E-state index in [2.05, 4.69) is 20.6 Å². The molecule has 2 N–H and O–H groups in total. The van der Waals surface area contributed by atoms with E-state index < -0.39 is 17.5 Å². The molecule has 0 saturated carbocycles. The molecule has 2 amide bonds. The van der Waals surface area contributed by atoms with E-state index >= 15 is 0 Å². The lowest BCUT2D eigenvalue weighted by Gasteiger charge is -2.19. The molecule has 9 nitrogen and oxygen atoms in total. The van der Waals surface area contributed by atoms with E-state index in [0.29, 0.717) is 58.1 Å². The van der Waals surface area contributed by atoms with Crippen LogP contribution in [-0.2, 0) is 7.25 Å². The van der Waals surface area contributed by atoms with Gasteiger partial charge in [0.25, 0.3) is 5.91 Å². The van der Waals surface area contributed by atoms with Gasteiger partial charge in [0.2, 0.25) is 0 Å². The highest BCUT2D eigenvalue weighted by atomic mass is 127. The molecule has 0 radical (unpaired) electrons. The number of hydrogen-bond donors (Lipinski definition) is 2. The van der Waals surface area contributed by atoms with Gasteiger partial charge in [-0.05, 0) is 57.0 Å². The van der Waals surface area contributed by atoms with Crippen molar-refractivity contribution in [2.24, 2.45) is 0 Å². The summed E-state index contributed by atoms with van der Waals surface area (Å²) in [6.07, 6.45) is 4.85. The van der Waals surface area contributed by atoms with Crippen molar-refractivity contribution in [2.45, 2.75) is 32.8 Å². The van der Waals surface area contributed by atoms with Crippen LogP contribution in [0.2, 0.25) is 0 Å². The van der Waals surface area contributed by atoms with E-state index in [0.717, 1.165) is 12.2 Å². The zero-order valence-corrected chi connectivity index (χ0v) is 23.4. The molecule has 3 aromatic heterocycles. The van der Waals surface area contributed by atoms with Crippen LogP contribution < -0.4 is 10.6 Å². The molecule has 0 aliphatic carbocycles. The Kier molecular flexibility index (Phi) is 8.49. The summed E-state index contributed by atoms with van der Waals surface area (Å²) in [7, 11) is 0. The largest absolute Gasteiger partial charge is 0.444 e. The third-order valence-electron chi connectivity index (χ3n) is 5.26. The summed E-state index contributed by atoms with van der Waals surface area (Å²) >= 11 is 2.82. The molecule has 0 bridgehead atoms. The monoisotopic (exact) mass is 637 g/mol. The van der Waals surface area contributed by atoms with Gasteiger partial charge in [-0.3, -0.25) is 13.8 Å². The van der Waals surface area contributed by atoms with E-state index in [4.69, 9.17) is 7.25 Å². The van der Waals surface area contributed by atoms with Gasteiger partial charge >= 0.3 is 6.09 Å². The molecule has 0 spiro atoms. The first-order chi connectivity index (χ1) is 17.7. The van der Waals surface area contributed by atoms with E-state index in [1.165, 1.54) is 12.3 Å². The normalized spacial score (nSPS) is 11.6. The van der Waals surface area contributed by atoms with Crippen LogP contribution in [0.5, 0.6) is 0 Å². The third-order valence-corrected chi connectivity index (χ3v) is 6.24. The van der Waals surface area contributed by atoms with Crippen molar-refractivity contribution in [1.29, 1.82) is 0 Å². The molecule has 3 heterocycles.